The van der Waals surface area contributed by atoms with E-state index in [4.69, 9.17) is 9.47 Å². The van der Waals surface area contributed by atoms with Gasteiger partial charge in [-0.05, 0) is 32.0 Å². The highest BCUT2D eigenvalue weighted by Crippen LogP contribution is 2.44. The molecule has 29 heavy (non-hydrogen) atoms. The van der Waals surface area contributed by atoms with Crippen LogP contribution >= 0.6 is 0 Å². The minimum atomic E-state index is -0.654. The van der Waals surface area contributed by atoms with Crippen LogP contribution < -0.4 is 20.1 Å². The fourth-order valence-electron chi connectivity index (χ4n) is 3.23. The highest BCUT2D eigenvalue weighted by Gasteiger charge is 2.25. The highest BCUT2D eigenvalue weighted by molar-refractivity contribution is 5.98. The lowest BCUT2D eigenvalue weighted by atomic mass is 10.1. The lowest BCUT2D eigenvalue weighted by molar-refractivity contribution is -0.133. The predicted molar refractivity (Wildman–Crippen MR) is 107 cm³/mol. The van der Waals surface area contributed by atoms with Crippen molar-refractivity contribution in [3.05, 3.63) is 36.5 Å². The van der Waals surface area contributed by atoms with Gasteiger partial charge in [-0.2, -0.15) is 5.10 Å². The average Bonchev–Trinajstić information content (AvgIpc) is 3.37. The normalized spacial score (nSPS) is 16.9. The molecule has 0 aliphatic carbocycles. The molecule has 3 heterocycles. The number of carbonyl (C=O) groups is 2. The Bertz CT molecular complexity index is 1020. The summed E-state index contributed by atoms with van der Waals surface area (Å²) in [6.07, 6.45) is 3.77. The highest BCUT2D eigenvalue weighted by atomic mass is 16.6. The summed E-state index contributed by atoms with van der Waals surface area (Å²) in [6.45, 7) is 6.04. The summed E-state index contributed by atoms with van der Waals surface area (Å²) >= 11 is 0. The van der Waals surface area contributed by atoms with Crippen LogP contribution in [0.2, 0.25) is 0 Å². The summed E-state index contributed by atoms with van der Waals surface area (Å²) in [5.74, 6) is -0.107. The molecule has 0 fully saturated rings. The Morgan fingerprint density at radius 3 is 2.69 bits per heavy atom. The van der Waals surface area contributed by atoms with Crippen molar-refractivity contribution in [3.8, 4) is 22.8 Å². The molecule has 0 spiro atoms. The first kappa shape index (κ1) is 18.7. The maximum Gasteiger partial charge on any atom is 0.336 e. The molecule has 0 unspecified atom stereocenters. The molecule has 2 aliphatic heterocycles. The van der Waals surface area contributed by atoms with Gasteiger partial charge in [-0.15, -0.1) is 0 Å². The molecule has 2 aromatic rings. The van der Waals surface area contributed by atoms with Crippen LogP contribution in [0.1, 0.15) is 19.9 Å². The van der Waals surface area contributed by atoms with Crippen molar-refractivity contribution in [1.82, 2.24) is 15.1 Å². The second-order valence-electron chi connectivity index (χ2n) is 6.85. The van der Waals surface area contributed by atoms with Crippen molar-refractivity contribution in [2.45, 2.75) is 19.9 Å². The maximum absolute atomic E-state index is 12.2. The number of rotatable bonds is 5. The maximum atomic E-state index is 12.2. The van der Waals surface area contributed by atoms with Gasteiger partial charge in [0.1, 0.15) is 5.84 Å². The van der Waals surface area contributed by atoms with E-state index in [1.807, 2.05) is 24.6 Å². The Hall–Kier alpha value is -3.62. The standard InChI is InChI=1S/C20H21N5O4/c1-12(2)25-14(7-8-24-25)19-13(23-11-16-21-9-10-22-16)3-4-15-20(19)29-18(27)6-5-17(26)28-15/h3-8,12,23H,9-11H2,1-2H3,(H,21,22)/b6-5+. The lowest BCUT2D eigenvalue weighted by Gasteiger charge is -2.21. The van der Waals surface area contributed by atoms with Crippen LogP contribution in [0.3, 0.4) is 0 Å². The van der Waals surface area contributed by atoms with E-state index in [0.717, 1.165) is 36.8 Å². The fraction of sp³-hybridized carbons (Fsp3) is 0.300. The van der Waals surface area contributed by atoms with Crippen LogP contribution in [-0.4, -0.2) is 47.2 Å². The first-order chi connectivity index (χ1) is 14.0. The molecule has 4 rings (SSSR count). The predicted octanol–water partition coefficient (Wildman–Crippen LogP) is 1.93. The van der Waals surface area contributed by atoms with Crippen molar-refractivity contribution < 1.29 is 19.1 Å². The van der Waals surface area contributed by atoms with E-state index in [2.05, 4.69) is 20.7 Å². The first-order valence-electron chi connectivity index (χ1n) is 9.36. The van der Waals surface area contributed by atoms with Crippen LogP contribution in [0.25, 0.3) is 11.3 Å². The average molecular weight is 395 g/mol. The number of nitrogens with one attached hydrogen (secondary N) is 2. The summed E-state index contributed by atoms with van der Waals surface area (Å²) in [6, 6.07) is 5.28. The number of benzene rings is 1. The van der Waals surface area contributed by atoms with Crippen LogP contribution in [0.5, 0.6) is 11.5 Å². The molecule has 1 aromatic heterocycles. The summed E-state index contributed by atoms with van der Waals surface area (Å²) in [5.41, 5.74) is 2.02. The van der Waals surface area contributed by atoms with Crippen LogP contribution in [0.4, 0.5) is 5.69 Å². The van der Waals surface area contributed by atoms with Crippen molar-refractivity contribution in [2.24, 2.45) is 4.99 Å². The zero-order valence-corrected chi connectivity index (χ0v) is 16.1. The van der Waals surface area contributed by atoms with Crippen LogP contribution in [-0.2, 0) is 9.59 Å². The van der Waals surface area contributed by atoms with E-state index >= 15 is 0 Å². The minimum absolute atomic E-state index is 0.0660. The second-order valence-corrected chi connectivity index (χ2v) is 6.85. The summed E-state index contributed by atoms with van der Waals surface area (Å²) in [5, 5.41) is 10.9. The lowest BCUT2D eigenvalue weighted by Crippen LogP contribution is -2.26. The van der Waals surface area contributed by atoms with Crippen LogP contribution in [0.15, 0.2) is 41.5 Å². The number of aromatic nitrogens is 2. The van der Waals surface area contributed by atoms with Crippen LogP contribution in [0, 0.1) is 0 Å². The zero-order chi connectivity index (χ0) is 20.4. The second kappa shape index (κ2) is 7.78. The quantitative estimate of drug-likeness (QED) is 0.588. The third-order valence-electron chi connectivity index (χ3n) is 4.50. The van der Waals surface area contributed by atoms with Gasteiger partial charge in [0, 0.05) is 36.6 Å². The Balaban J connectivity index is 1.84. The van der Waals surface area contributed by atoms with E-state index in [1.54, 1.807) is 18.3 Å². The molecule has 1 aromatic carbocycles. The monoisotopic (exact) mass is 395 g/mol. The fourth-order valence-corrected chi connectivity index (χ4v) is 3.23. The molecule has 0 amide bonds. The summed E-state index contributed by atoms with van der Waals surface area (Å²) < 4.78 is 12.7. The molecule has 0 saturated carbocycles. The number of fused-ring (bicyclic) bond motifs is 1. The molecule has 2 N–H and O–H groups in total. The number of esters is 2. The molecule has 2 aliphatic rings. The van der Waals surface area contributed by atoms with Crippen molar-refractivity contribution in [1.29, 1.82) is 0 Å². The molecule has 0 radical (unpaired) electrons. The Morgan fingerprint density at radius 1 is 1.17 bits per heavy atom. The third kappa shape index (κ3) is 3.84. The molecule has 9 nitrogen and oxygen atoms in total. The number of anilines is 1. The van der Waals surface area contributed by atoms with E-state index in [1.165, 1.54) is 0 Å². The van der Waals surface area contributed by atoms with Crippen molar-refractivity contribution >= 4 is 23.5 Å². The Labute approximate surface area is 167 Å². The van der Waals surface area contributed by atoms with Gasteiger partial charge in [0.15, 0.2) is 11.5 Å². The molecule has 0 bridgehead atoms. The third-order valence-corrected chi connectivity index (χ3v) is 4.50. The summed E-state index contributed by atoms with van der Waals surface area (Å²) in [7, 11) is 0. The van der Waals surface area contributed by atoms with Gasteiger partial charge in [0.05, 0.1) is 24.3 Å². The Kier molecular flexibility index (Phi) is 5.03. The first-order valence-corrected chi connectivity index (χ1v) is 9.36. The molecule has 150 valence electrons. The van der Waals surface area contributed by atoms with Gasteiger partial charge >= 0.3 is 11.9 Å². The number of aliphatic imine (C=N–C) groups is 1. The van der Waals surface area contributed by atoms with Gasteiger partial charge in [-0.1, -0.05) is 0 Å². The largest absolute Gasteiger partial charge is 0.419 e. The number of ether oxygens (including phenoxy) is 2. The number of nitrogens with zero attached hydrogens (tertiary/aromatic N) is 3. The van der Waals surface area contributed by atoms with Crippen molar-refractivity contribution in [3.63, 3.8) is 0 Å². The number of hydrogen-bond donors (Lipinski definition) is 2. The molecule has 0 saturated heterocycles. The number of carbonyl (C=O) groups excluding carboxylic acids is 2. The topological polar surface area (TPSA) is 107 Å². The SMILES string of the molecule is CC(C)n1nccc1-c1c(NCC2=NCCN2)ccc2c1OC(=O)/C=C/C(=O)O2. The minimum Gasteiger partial charge on any atom is -0.419 e. The zero-order valence-electron chi connectivity index (χ0n) is 16.1. The molecule has 0 atom stereocenters. The van der Waals surface area contributed by atoms with Gasteiger partial charge in [-0.3, -0.25) is 9.67 Å². The van der Waals surface area contributed by atoms with Crippen molar-refractivity contribution in [2.75, 3.05) is 25.0 Å². The number of amidine groups is 1. The Morgan fingerprint density at radius 2 is 1.97 bits per heavy atom. The molecular weight excluding hydrogens is 374 g/mol. The van der Waals surface area contributed by atoms with Gasteiger partial charge in [-0.25, -0.2) is 9.59 Å². The van der Waals surface area contributed by atoms with E-state index in [0.29, 0.717) is 17.8 Å². The number of hydrogen-bond acceptors (Lipinski definition) is 8. The molecule has 9 heteroatoms. The smallest absolute Gasteiger partial charge is 0.336 e. The molecular formula is C20H21N5O4. The van der Waals surface area contributed by atoms with Gasteiger partial charge in [0.25, 0.3) is 0 Å². The van der Waals surface area contributed by atoms with E-state index < -0.39 is 11.9 Å². The van der Waals surface area contributed by atoms with E-state index in [-0.39, 0.29) is 17.5 Å². The van der Waals surface area contributed by atoms with Gasteiger partial charge in [0.2, 0.25) is 0 Å². The summed E-state index contributed by atoms with van der Waals surface area (Å²) in [4.78, 5) is 28.5. The van der Waals surface area contributed by atoms with E-state index in [9.17, 15) is 9.59 Å². The van der Waals surface area contributed by atoms with Gasteiger partial charge < -0.3 is 20.1 Å².